The zero-order valence-corrected chi connectivity index (χ0v) is 25.8. The molecule has 0 fully saturated rings. The monoisotopic (exact) mass is 568 g/mol. The molecule has 0 aromatic heterocycles. The van der Waals surface area contributed by atoms with Crippen LogP contribution in [0.25, 0.3) is 11.1 Å². The van der Waals surface area contributed by atoms with Gasteiger partial charge >= 0.3 is 0 Å². The van der Waals surface area contributed by atoms with E-state index >= 15 is 0 Å². The topological polar surface area (TPSA) is 6.48 Å². The molecular weight excluding hydrogens is 532 g/mol. The minimum atomic E-state index is -0.146. The summed E-state index contributed by atoms with van der Waals surface area (Å²) < 4.78 is 0. The van der Waals surface area contributed by atoms with Crippen molar-refractivity contribution in [1.82, 2.24) is 0 Å². The Balaban J connectivity index is 1.24. The number of hydrogen-bond acceptors (Lipinski definition) is 2. The average Bonchev–Trinajstić information content (AvgIpc) is 3.06. The first-order chi connectivity index (χ1) is 21.4. The van der Waals surface area contributed by atoms with Gasteiger partial charge in [-0.25, -0.2) is 0 Å². The van der Waals surface area contributed by atoms with Gasteiger partial charge in [0.05, 0.1) is 17.1 Å². The summed E-state index contributed by atoms with van der Waals surface area (Å²) in [5, 5.41) is 0. The van der Waals surface area contributed by atoms with Crippen LogP contribution in [0.2, 0.25) is 0 Å². The van der Waals surface area contributed by atoms with E-state index in [2.05, 4.69) is 183 Å². The van der Waals surface area contributed by atoms with Gasteiger partial charge in [-0.05, 0) is 88.0 Å². The fraction of sp³-hybridized carbons (Fsp3) is 0.143. The van der Waals surface area contributed by atoms with Crippen LogP contribution in [0.1, 0.15) is 49.9 Å². The van der Waals surface area contributed by atoms with Crippen LogP contribution in [0.15, 0.2) is 146 Å². The van der Waals surface area contributed by atoms with E-state index in [0.29, 0.717) is 0 Å². The minimum Gasteiger partial charge on any atom is -0.311 e. The molecule has 214 valence electrons. The molecule has 0 saturated heterocycles. The van der Waals surface area contributed by atoms with E-state index in [1.807, 2.05) is 0 Å². The lowest BCUT2D eigenvalue weighted by Gasteiger charge is -2.49. The molecule has 8 rings (SSSR count). The summed E-state index contributed by atoms with van der Waals surface area (Å²) in [5.41, 5.74) is 15.1. The van der Waals surface area contributed by atoms with Crippen LogP contribution < -0.4 is 9.80 Å². The Bertz CT molecular complexity index is 1960. The lowest BCUT2D eigenvalue weighted by atomic mass is 9.66. The number of para-hydroxylation sites is 4. The quantitative estimate of drug-likeness (QED) is 0.209. The first-order valence-corrected chi connectivity index (χ1v) is 15.5. The molecule has 2 heterocycles. The third kappa shape index (κ3) is 3.87. The van der Waals surface area contributed by atoms with Gasteiger partial charge in [0, 0.05) is 27.9 Å². The molecule has 2 nitrogen and oxygen atoms in total. The van der Waals surface area contributed by atoms with Crippen molar-refractivity contribution in [3.63, 3.8) is 0 Å². The Morgan fingerprint density at radius 2 is 0.886 bits per heavy atom. The third-order valence-electron chi connectivity index (χ3n) is 9.82. The van der Waals surface area contributed by atoms with Crippen LogP contribution in [-0.2, 0) is 10.8 Å². The van der Waals surface area contributed by atoms with Crippen molar-refractivity contribution in [2.24, 2.45) is 0 Å². The average molecular weight is 569 g/mol. The Morgan fingerprint density at radius 1 is 0.409 bits per heavy atom. The summed E-state index contributed by atoms with van der Waals surface area (Å²) >= 11 is 0. The summed E-state index contributed by atoms with van der Waals surface area (Å²) in [4.78, 5) is 4.83. The maximum Gasteiger partial charge on any atom is 0.0543 e. The van der Waals surface area contributed by atoms with E-state index in [0.717, 1.165) is 17.1 Å². The molecule has 0 radical (unpaired) electrons. The summed E-state index contributed by atoms with van der Waals surface area (Å²) in [5.74, 6) is 0. The van der Waals surface area contributed by atoms with Gasteiger partial charge in [0.1, 0.15) is 0 Å². The molecule has 2 heteroatoms. The van der Waals surface area contributed by atoms with E-state index in [4.69, 9.17) is 0 Å². The van der Waals surface area contributed by atoms with Gasteiger partial charge in [0.25, 0.3) is 0 Å². The minimum absolute atomic E-state index is 0.0684. The van der Waals surface area contributed by atoms with Crippen molar-refractivity contribution >= 4 is 34.1 Å². The lowest BCUT2D eigenvalue weighted by Crippen LogP contribution is -2.38. The van der Waals surface area contributed by atoms with Crippen LogP contribution in [0.5, 0.6) is 0 Å². The van der Waals surface area contributed by atoms with E-state index in [9.17, 15) is 0 Å². The molecule has 0 bridgehead atoms. The van der Waals surface area contributed by atoms with Gasteiger partial charge < -0.3 is 9.80 Å². The maximum atomic E-state index is 2.52. The Labute approximate surface area is 260 Å². The van der Waals surface area contributed by atoms with Crippen LogP contribution >= 0.6 is 0 Å². The van der Waals surface area contributed by atoms with Crippen LogP contribution in [0, 0.1) is 0 Å². The van der Waals surface area contributed by atoms with Gasteiger partial charge in [0.15, 0.2) is 0 Å². The number of rotatable bonds is 4. The van der Waals surface area contributed by atoms with Crippen molar-refractivity contribution < 1.29 is 0 Å². The lowest BCUT2D eigenvalue weighted by molar-refractivity contribution is 0.597. The van der Waals surface area contributed by atoms with Crippen LogP contribution in [0.3, 0.4) is 0 Å². The zero-order valence-electron chi connectivity index (χ0n) is 25.8. The van der Waals surface area contributed by atoms with E-state index in [-0.39, 0.29) is 10.8 Å². The summed E-state index contributed by atoms with van der Waals surface area (Å²) in [7, 11) is 0. The Kier molecular flexibility index (Phi) is 5.86. The van der Waals surface area contributed by atoms with Gasteiger partial charge in [0.2, 0.25) is 0 Å². The predicted molar refractivity (Wildman–Crippen MR) is 185 cm³/mol. The molecular formula is C42H36N2. The zero-order chi connectivity index (χ0) is 30.1. The van der Waals surface area contributed by atoms with Crippen LogP contribution in [0.4, 0.5) is 34.1 Å². The number of benzene rings is 6. The second-order valence-electron chi connectivity index (χ2n) is 13.1. The molecule has 6 aromatic rings. The van der Waals surface area contributed by atoms with Crippen molar-refractivity contribution in [3.8, 4) is 11.1 Å². The van der Waals surface area contributed by atoms with E-state index < -0.39 is 0 Å². The molecule has 0 amide bonds. The second-order valence-corrected chi connectivity index (χ2v) is 13.1. The highest BCUT2D eigenvalue weighted by molar-refractivity contribution is 5.93. The number of anilines is 6. The van der Waals surface area contributed by atoms with Crippen LogP contribution in [-0.4, -0.2) is 0 Å². The Hall–Kier alpha value is -5.08. The first-order valence-electron chi connectivity index (χ1n) is 15.5. The van der Waals surface area contributed by atoms with Gasteiger partial charge in [-0.2, -0.15) is 0 Å². The smallest absolute Gasteiger partial charge is 0.0543 e. The molecule has 2 aliphatic heterocycles. The highest BCUT2D eigenvalue weighted by atomic mass is 15.2. The van der Waals surface area contributed by atoms with Crippen molar-refractivity contribution in [1.29, 1.82) is 0 Å². The van der Waals surface area contributed by atoms with E-state index in [1.54, 1.807) is 0 Å². The summed E-state index contributed by atoms with van der Waals surface area (Å²) in [6.07, 6.45) is 0. The SMILES string of the molecule is CC1(C)c2ccccc2N2c3ccc(-c4ccc(N(c5ccccc5)c5ccccc5)cc4)cc3C(C)(C)c3cccc1c32. The number of nitrogens with zero attached hydrogens (tertiary/aromatic N) is 2. The molecule has 0 atom stereocenters. The number of fused-ring (bicyclic) bond motifs is 4. The molecule has 0 saturated carbocycles. The van der Waals surface area contributed by atoms with Gasteiger partial charge in [-0.15, -0.1) is 0 Å². The summed E-state index contributed by atoms with van der Waals surface area (Å²) in [6.45, 7) is 9.50. The molecule has 6 aromatic carbocycles. The molecule has 0 spiro atoms. The third-order valence-corrected chi connectivity index (χ3v) is 9.82. The Morgan fingerprint density at radius 3 is 1.52 bits per heavy atom. The number of hydrogen-bond donors (Lipinski definition) is 0. The predicted octanol–water partition coefficient (Wildman–Crippen LogP) is 11.6. The van der Waals surface area contributed by atoms with Gasteiger partial charge in [-0.1, -0.05) is 119 Å². The normalized spacial score (nSPS) is 15.1. The second kappa shape index (κ2) is 9.72. The van der Waals surface area contributed by atoms with Crippen molar-refractivity contribution in [2.45, 2.75) is 38.5 Å². The maximum absolute atomic E-state index is 2.52. The molecule has 44 heavy (non-hydrogen) atoms. The van der Waals surface area contributed by atoms with Gasteiger partial charge in [-0.3, -0.25) is 0 Å². The first kappa shape index (κ1) is 26.5. The molecule has 2 aliphatic rings. The largest absolute Gasteiger partial charge is 0.311 e. The van der Waals surface area contributed by atoms with Crippen molar-refractivity contribution in [2.75, 3.05) is 9.80 Å². The van der Waals surface area contributed by atoms with E-state index in [1.165, 1.54) is 50.4 Å². The summed E-state index contributed by atoms with van der Waals surface area (Å²) in [6, 6.07) is 53.1. The fourth-order valence-electron chi connectivity index (χ4n) is 7.47. The standard InChI is InChI=1S/C42H36N2/c1-41(2)34-18-11-12-21-38(34)44-39-27-24-30(28-37(39)42(3,4)36-20-13-19-35(41)40(36)44)29-22-25-33(26-23-29)43(31-14-7-5-8-15-31)32-16-9-6-10-17-32/h5-28H,1-4H3. The fourth-order valence-corrected chi connectivity index (χ4v) is 7.47. The van der Waals surface area contributed by atoms with Crippen molar-refractivity contribution in [3.05, 3.63) is 168 Å². The highest BCUT2D eigenvalue weighted by Gasteiger charge is 2.45. The molecule has 0 aliphatic carbocycles. The molecule has 0 N–H and O–H groups in total. The highest BCUT2D eigenvalue weighted by Crippen LogP contribution is 2.60. The molecule has 0 unspecified atom stereocenters.